The lowest BCUT2D eigenvalue weighted by Gasteiger charge is -2.28. The van der Waals surface area contributed by atoms with Gasteiger partial charge in [0.1, 0.15) is 6.04 Å². The molecular formula is C15H23Cl2N7O. The molecule has 1 atom stereocenters. The summed E-state index contributed by atoms with van der Waals surface area (Å²) in [5.74, 6) is 0.969. The van der Waals surface area contributed by atoms with E-state index in [-0.39, 0.29) is 36.8 Å². The van der Waals surface area contributed by atoms with Gasteiger partial charge in [0.05, 0.1) is 5.69 Å². The molecule has 8 nitrogen and oxygen atoms in total. The highest BCUT2D eigenvalue weighted by Gasteiger charge is 2.22. The molecule has 1 saturated heterocycles. The number of carbonyl (C=O) groups excluding carboxylic acids is 1. The summed E-state index contributed by atoms with van der Waals surface area (Å²) in [6.45, 7) is 4.60. The number of hydrogen-bond acceptors (Lipinski definition) is 6. The number of rotatable bonds is 7. The zero-order valence-electron chi connectivity index (χ0n) is 13.9. The number of anilines is 1. The first kappa shape index (κ1) is 21.1. The zero-order chi connectivity index (χ0) is 16.1. The molecule has 3 N–H and O–H groups in total. The lowest BCUT2D eigenvalue weighted by molar-refractivity contribution is -0.122. The molecule has 25 heavy (non-hydrogen) atoms. The van der Waals surface area contributed by atoms with Crippen molar-refractivity contribution in [1.29, 1.82) is 0 Å². The Labute approximate surface area is 159 Å². The smallest absolute Gasteiger partial charge is 0.248 e. The summed E-state index contributed by atoms with van der Waals surface area (Å²) in [6, 6.07) is 9.21. The molecule has 0 saturated carbocycles. The first-order valence-corrected chi connectivity index (χ1v) is 7.86. The van der Waals surface area contributed by atoms with Crippen LogP contribution in [0.15, 0.2) is 30.3 Å². The molecule has 0 spiro atoms. The number of halogens is 2. The minimum Gasteiger partial charge on any atom is -0.354 e. The van der Waals surface area contributed by atoms with Gasteiger partial charge in [-0.1, -0.05) is 30.2 Å². The lowest BCUT2D eigenvalue weighted by atomic mass is 10.0. The Bertz CT molecular complexity index is 648. The van der Waals surface area contributed by atoms with Gasteiger partial charge in [0.2, 0.25) is 11.9 Å². The Hall–Kier alpha value is -1.90. The van der Waals surface area contributed by atoms with Crippen molar-refractivity contribution in [2.45, 2.75) is 19.4 Å². The largest absolute Gasteiger partial charge is 0.354 e. The van der Waals surface area contributed by atoms with Crippen LogP contribution in [0.5, 0.6) is 0 Å². The van der Waals surface area contributed by atoms with Gasteiger partial charge in [0.15, 0.2) is 0 Å². The second-order valence-electron chi connectivity index (χ2n) is 5.62. The maximum absolute atomic E-state index is 12.3. The van der Waals surface area contributed by atoms with Crippen molar-refractivity contribution in [2.75, 3.05) is 25.0 Å². The Morgan fingerprint density at radius 2 is 2.04 bits per heavy atom. The van der Waals surface area contributed by atoms with Gasteiger partial charge in [-0.2, -0.15) is 4.68 Å². The van der Waals surface area contributed by atoms with Crippen molar-refractivity contribution in [1.82, 2.24) is 30.8 Å². The number of aromatic nitrogens is 4. The van der Waals surface area contributed by atoms with E-state index in [1.54, 1.807) is 4.68 Å². The summed E-state index contributed by atoms with van der Waals surface area (Å²) in [6.07, 6.45) is 0.649. The summed E-state index contributed by atoms with van der Waals surface area (Å²) < 4.78 is 1.59. The first-order valence-electron chi connectivity index (χ1n) is 7.86. The Kier molecular flexibility index (Phi) is 8.60. The van der Waals surface area contributed by atoms with E-state index in [9.17, 15) is 4.79 Å². The summed E-state index contributed by atoms with van der Waals surface area (Å²) in [7, 11) is 0. The van der Waals surface area contributed by atoms with Crippen molar-refractivity contribution >= 4 is 36.7 Å². The fraction of sp³-hybridized carbons (Fsp3) is 0.467. The maximum atomic E-state index is 12.3. The number of hydrogen-bond donors (Lipinski definition) is 3. The van der Waals surface area contributed by atoms with Crippen LogP contribution in [0.1, 0.15) is 13.3 Å². The number of benzene rings is 1. The van der Waals surface area contributed by atoms with Gasteiger partial charge < -0.3 is 16.0 Å². The molecule has 0 radical (unpaired) electrons. The highest BCUT2D eigenvalue weighted by atomic mass is 35.5. The van der Waals surface area contributed by atoms with Crippen LogP contribution < -0.4 is 16.0 Å². The van der Waals surface area contributed by atoms with Crippen LogP contribution in [0, 0.1) is 5.92 Å². The second kappa shape index (κ2) is 10.2. The number of tetrazole rings is 1. The molecule has 10 heteroatoms. The molecule has 1 aromatic heterocycles. The number of carbonyl (C=O) groups is 1. The third-order valence-corrected chi connectivity index (χ3v) is 3.93. The number of para-hydroxylation sites is 1. The second-order valence-corrected chi connectivity index (χ2v) is 5.62. The average Bonchev–Trinajstić information content (AvgIpc) is 3.00. The molecule has 1 fully saturated rings. The van der Waals surface area contributed by atoms with Gasteiger partial charge in [-0.05, 0) is 29.0 Å². The van der Waals surface area contributed by atoms with Crippen molar-refractivity contribution in [2.24, 2.45) is 5.92 Å². The number of amides is 1. The Morgan fingerprint density at radius 1 is 1.32 bits per heavy atom. The van der Waals surface area contributed by atoms with E-state index in [1.807, 2.05) is 37.3 Å². The minimum absolute atomic E-state index is 0. The molecular weight excluding hydrogens is 365 g/mol. The van der Waals surface area contributed by atoms with Gasteiger partial charge in [0, 0.05) is 25.6 Å². The Balaban J connectivity index is 0.00000156. The molecule has 0 bridgehead atoms. The van der Waals surface area contributed by atoms with Crippen LogP contribution in [0.4, 0.5) is 5.95 Å². The lowest BCUT2D eigenvalue weighted by Crippen LogP contribution is -2.50. The zero-order valence-corrected chi connectivity index (χ0v) is 15.5. The molecule has 3 rings (SSSR count). The van der Waals surface area contributed by atoms with Crippen LogP contribution in [0.2, 0.25) is 0 Å². The first-order chi connectivity index (χ1) is 11.3. The van der Waals surface area contributed by atoms with E-state index in [4.69, 9.17) is 0 Å². The van der Waals surface area contributed by atoms with Crippen LogP contribution in [0.25, 0.3) is 5.69 Å². The quantitative estimate of drug-likeness (QED) is 0.656. The van der Waals surface area contributed by atoms with Crippen molar-refractivity contribution in [3.63, 3.8) is 0 Å². The molecule has 2 aromatic rings. The van der Waals surface area contributed by atoms with Crippen LogP contribution >= 0.6 is 24.8 Å². The van der Waals surface area contributed by atoms with Gasteiger partial charge in [0.25, 0.3) is 0 Å². The van der Waals surface area contributed by atoms with Crippen molar-refractivity contribution in [3.05, 3.63) is 30.3 Å². The fourth-order valence-electron chi connectivity index (χ4n) is 2.39. The molecule has 138 valence electrons. The SMILES string of the molecule is CCC(Nc1nnnn1-c1ccccc1)C(=O)NCC1CNC1.Cl.Cl. The van der Waals surface area contributed by atoms with E-state index >= 15 is 0 Å². The highest BCUT2D eigenvalue weighted by molar-refractivity contribution is 5.85. The monoisotopic (exact) mass is 387 g/mol. The average molecular weight is 388 g/mol. The standard InChI is InChI=1S/C15H21N7O.2ClH/c1-2-13(14(23)17-10-11-8-16-9-11)18-15-19-20-21-22(15)12-6-4-3-5-7-12;;/h3-7,11,13,16H,2,8-10H2,1H3,(H,17,23)(H,18,19,21);2*1H. The summed E-state index contributed by atoms with van der Waals surface area (Å²) >= 11 is 0. The number of nitrogens with one attached hydrogen (secondary N) is 3. The maximum Gasteiger partial charge on any atom is 0.248 e. The fourth-order valence-corrected chi connectivity index (χ4v) is 2.39. The summed E-state index contributed by atoms with van der Waals surface area (Å²) in [5.41, 5.74) is 0.843. The van der Waals surface area contributed by atoms with Gasteiger partial charge in [-0.15, -0.1) is 24.8 Å². The van der Waals surface area contributed by atoms with Gasteiger partial charge >= 0.3 is 0 Å². The molecule has 1 aromatic carbocycles. The van der Waals surface area contributed by atoms with E-state index in [0.29, 0.717) is 24.8 Å². The summed E-state index contributed by atoms with van der Waals surface area (Å²) in [4.78, 5) is 12.3. The predicted octanol–water partition coefficient (Wildman–Crippen LogP) is 1.03. The van der Waals surface area contributed by atoms with Gasteiger partial charge in [-0.3, -0.25) is 4.79 Å². The van der Waals surface area contributed by atoms with E-state index in [1.165, 1.54) is 0 Å². The van der Waals surface area contributed by atoms with E-state index in [0.717, 1.165) is 18.8 Å². The number of nitrogens with zero attached hydrogens (tertiary/aromatic N) is 4. The molecule has 2 heterocycles. The molecule has 1 aliphatic heterocycles. The van der Waals surface area contributed by atoms with E-state index in [2.05, 4.69) is 31.5 Å². The third-order valence-electron chi connectivity index (χ3n) is 3.93. The van der Waals surface area contributed by atoms with Crippen LogP contribution in [-0.2, 0) is 4.79 Å². The van der Waals surface area contributed by atoms with Crippen molar-refractivity contribution in [3.8, 4) is 5.69 Å². The predicted molar refractivity (Wildman–Crippen MR) is 101 cm³/mol. The minimum atomic E-state index is -0.364. The molecule has 1 unspecified atom stereocenters. The van der Waals surface area contributed by atoms with Gasteiger partial charge in [-0.25, -0.2) is 0 Å². The molecule has 0 aliphatic carbocycles. The van der Waals surface area contributed by atoms with E-state index < -0.39 is 0 Å². The topological polar surface area (TPSA) is 96.8 Å². The Morgan fingerprint density at radius 3 is 2.64 bits per heavy atom. The summed E-state index contributed by atoms with van der Waals surface area (Å²) in [5, 5.41) is 21.0. The molecule has 1 amide bonds. The highest BCUT2D eigenvalue weighted by Crippen LogP contribution is 2.12. The normalized spacial score (nSPS) is 14.4. The molecule has 1 aliphatic rings. The third kappa shape index (κ3) is 5.29. The van der Waals surface area contributed by atoms with Crippen molar-refractivity contribution < 1.29 is 4.79 Å². The van der Waals surface area contributed by atoms with Crippen LogP contribution in [0.3, 0.4) is 0 Å². The van der Waals surface area contributed by atoms with Crippen LogP contribution in [-0.4, -0.2) is 51.8 Å².